The maximum atomic E-state index is 10.2. The molecule has 0 atom stereocenters. The van der Waals surface area contributed by atoms with Crippen LogP contribution >= 0.6 is 0 Å². The van der Waals surface area contributed by atoms with Crippen molar-refractivity contribution in [2.75, 3.05) is 0 Å². The maximum absolute atomic E-state index is 10.2. The Kier molecular flexibility index (Phi) is 18.8. The zero-order chi connectivity index (χ0) is 17.2. The molecule has 0 rings (SSSR count). The number of carboxylic acid groups (broad SMARTS) is 2. The Morgan fingerprint density at radius 1 is 0.773 bits per heavy atom. The maximum Gasteiger partial charge on any atom is 0.303 e. The van der Waals surface area contributed by atoms with E-state index in [1.165, 1.54) is 6.42 Å². The summed E-state index contributed by atoms with van der Waals surface area (Å²) in [7, 11) is 0. The zero-order valence-corrected chi connectivity index (χ0v) is 13.9. The summed E-state index contributed by atoms with van der Waals surface area (Å²) in [6.07, 6.45) is 10.3. The molecule has 0 spiro atoms. The quantitative estimate of drug-likeness (QED) is 0.305. The lowest BCUT2D eigenvalue weighted by molar-refractivity contribution is -0.138. The van der Waals surface area contributed by atoms with Crippen LogP contribution in [-0.4, -0.2) is 28.3 Å². The van der Waals surface area contributed by atoms with Crippen molar-refractivity contribution in [2.45, 2.75) is 90.1 Å². The van der Waals surface area contributed by atoms with Crippen LogP contribution < -0.4 is 11.5 Å². The molecule has 0 aliphatic carbocycles. The van der Waals surface area contributed by atoms with Gasteiger partial charge in [-0.2, -0.15) is 0 Å². The van der Waals surface area contributed by atoms with E-state index in [1.54, 1.807) is 0 Å². The monoisotopic (exact) mass is 318 g/mol. The van der Waals surface area contributed by atoms with Crippen molar-refractivity contribution in [3.05, 3.63) is 0 Å². The topological polar surface area (TPSA) is 127 Å². The van der Waals surface area contributed by atoms with Gasteiger partial charge in [0.1, 0.15) is 0 Å². The summed E-state index contributed by atoms with van der Waals surface area (Å²) in [5.41, 5.74) is 10.5. The number of nitrogens with two attached hydrogens (primary N) is 2. The average Bonchev–Trinajstić information content (AvgIpc) is 2.43. The molecule has 0 unspecified atom stereocenters. The molecule has 0 aliphatic heterocycles. The zero-order valence-electron chi connectivity index (χ0n) is 13.9. The molecule has 0 aromatic rings. The summed E-state index contributed by atoms with van der Waals surface area (Å²) in [5.74, 6) is -1.45. The molecule has 6 nitrogen and oxygen atoms in total. The number of aliphatic carboxylic acids is 2. The summed E-state index contributed by atoms with van der Waals surface area (Å²) in [6.45, 7) is 2.13. The number of rotatable bonds is 13. The third-order valence-electron chi connectivity index (χ3n) is 3.17. The summed E-state index contributed by atoms with van der Waals surface area (Å²) in [6, 6.07) is 0. The molecule has 0 saturated heterocycles. The van der Waals surface area contributed by atoms with Gasteiger partial charge in [0.15, 0.2) is 0 Å². The molecule has 0 aromatic heterocycles. The normalized spacial score (nSPS) is 10.2. The number of hydrogen-bond donors (Lipinski definition) is 4. The van der Waals surface area contributed by atoms with Crippen LogP contribution in [0.25, 0.3) is 0 Å². The van der Waals surface area contributed by atoms with E-state index in [2.05, 4.69) is 6.92 Å². The number of carbonyl (C=O) groups is 2. The lowest BCUT2D eigenvalue weighted by Crippen LogP contribution is -2.29. The molecule has 132 valence electrons. The minimum Gasteiger partial charge on any atom is -0.481 e. The Hall–Kier alpha value is -1.14. The highest BCUT2D eigenvalue weighted by Crippen LogP contribution is 2.09. The molecule has 6 heteroatoms. The van der Waals surface area contributed by atoms with Crippen LogP contribution in [0.1, 0.15) is 84.0 Å². The van der Waals surface area contributed by atoms with Crippen molar-refractivity contribution in [3.63, 3.8) is 0 Å². The summed E-state index contributed by atoms with van der Waals surface area (Å²) in [4.78, 5) is 20.4. The molecule has 0 aliphatic rings. The van der Waals surface area contributed by atoms with E-state index in [0.717, 1.165) is 57.8 Å². The first kappa shape index (κ1) is 23.1. The highest BCUT2D eigenvalue weighted by molar-refractivity contribution is 5.66. The Balaban J connectivity index is 0. The summed E-state index contributed by atoms with van der Waals surface area (Å²) >= 11 is 0. The second-order valence-corrected chi connectivity index (χ2v) is 5.57. The van der Waals surface area contributed by atoms with Crippen molar-refractivity contribution in [2.24, 2.45) is 11.5 Å². The highest BCUT2D eigenvalue weighted by atomic mass is 16.4. The van der Waals surface area contributed by atoms with Gasteiger partial charge in [0.05, 0.1) is 6.17 Å². The molecule has 0 heterocycles. The Morgan fingerprint density at radius 3 is 1.36 bits per heavy atom. The van der Waals surface area contributed by atoms with Crippen molar-refractivity contribution in [1.82, 2.24) is 0 Å². The third-order valence-corrected chi connectivity index (χ3v) is 3.17. The highest BCUT2D eigenvalue weighted by Gasteiger charge is 1.98. The molecule has 0 bridgehead atoms. The van der Waals surface area contributed by atoms with E-state index in [9.17, 15) is 9.59 Å². The predicted molar refractivity (Wildman–Crippen MR) is 88.5 cm³/mol. The SMILES string of the molecule is CCCCC(N)N.O=C(O)CCCCCCCCCC(=O)O. The molecular formula is C16H34N2O4. The fraction of sp³-hybridized carbons (Fsp3) is 0.875. The van der Waals surface area contributed by atoms with Gasteiger partial charge < -0.3 is 21.7 Å². The number of unbranched alkanes of at least 4 members (excludes halogenated alkanes) is 7. The van der Waals surface area contributed by atoms with E-state index in [-0.39, 0.29) is 19.0 Å². The first-order chi connectivity index (χ1) is 10.4. The van der Waals surface area contributed by atoms with Crippen LogP contribution in [0.4, 0.5) is 0 Å². The number of hydrogen-bond acceptors (Lipinski definition) is 4. The minimum absolute atomic E-state index is 0.0973. The van der Waals surface area contributed by atoms with Gasteiger partial charge in [-0.15, -0.1) is 0 Å². The fourth-order valence-corrected chi connectivity index (χ4v) is 1.88. The van der Waals surface area contributed by atoms with E-state index < -0.39 is 11.9 Å². The fourth-order valence-electron chi connectivity index (χ4n) is 1.88. The molecule has 6 N–H and O–H groups in total. The van der Waals surface area contributed by atoms with Gasteiger partial charge in [-0.1, -0.05) is 51.9 Å². The average molecular weight is 318 g/mol. The van der Waals surface area contributed by atoms with Gasteiger partial charge in [-0.05, 0) is 19.3 Å². The van der Waals surface area contributed by atoms with Gasteiger partial charge in [-0.25, -0.2) is 0 Å². The van der Waals surface area contributed by atoms with Crippen molar-refractivity contribution >= 4 is 11.9 Å². The van der Waals surface area contributed by atoms with Crippen molar-refractivity contribution in [3.8, 4) is 0 Å². The van der Waals surface area contributed by atoms with Crippen LogP contribution in [0.2, 0.25) is 0 Å². The molecule has 0 saturated carbocycles. The molecular weight excluding hydrogens is 284 g/mol. The lowest BCUT2D eigenvalue weighted by Gasteiger charge is -2.00. The molecule has 0 radical (unpaired) electrons. The Bertz CT molecular complexity index is 251. The molecule has 0 fully saturated rings. The van der Waals surface area contributed by atoms with Gasteiger partial charge in [0.25, 0.3) is 0 Å². The van der Waals surface area contributed by atoms with E-state index in [1.807, 2.05) is 0 Å². The van der Waals surface area contributed by atoms with Gasteiger partial charge >= 0.3 is 11.9 Å². The van der Waals surface area contributed by atoms with Gasteiger partial charge in [0, 0.05) is 12.8 Å². The van der Waals surface area contributed by atoms with Crippen molar-refractivity contribution in [1.29, 1.82) is 0 Å². The first-order valence-electron chi connectivity index (χ1n) is 8.34. The van der Waals surface area contributed by atoms with Crippen molar-refractivity contribution < 1.29 is 19.8 Å². The minimum atomic E-state index is -0.726. The molecule has 0 aromatic carbocycles. The third kappa shape index (κ3) is 27.2. The van der Waals surface area contributed by atoms with Crippen LogP contribution in [0.3, 0.4) is 0 Å². The second-order valence-electron chi connectivity index (χ2n) is 5.57. The van der Waals surface area contributed by atoms with E-state index >= 15 is 0 Å². The summed E-state index contributed by atoms with van der Waals surface area (Å²) < 4.78 is 0. The van der Waals surface area contributed by atoms with Gasteiger partial charge in [0.2, 0.25) is 0 Å². The predicted octanol–water partition coefficient (Wildman–Crippen LogP) is 3.09. The first-order valence-corrected chi connectivity index (χ1v) is 8.34. The standard InChI is InChI=1S/C11H20O4.C5H14N2/c12-10(13)8-6-4-2-1-3-5-7-9-11(14)15;1-2-3-4-5(6)7/h1-9H2,(H,12,13)(H,14,15);5H,2-4,6-7H2,1H3. The van der Waals surface area contributed by atoms with Gasteiger partial charge in [-0.3, -0.25) is 9.59 Å². The van der Waals surface area contributed by atoms with Crippen LogP contribution in [-0.2, 0) is 9.59 Å². The number of carboxylic acids is 2. The van der Waals surface area contributed by atoms with Crippen LogP contribution in [0.15, 0.2) is 0 Å². The van der Waals surface area contributed by atoms with E-state index in [0.29, 0.717) is 0 Å². The molecule has 22 heavy (non-hydrogen) atoms. The lowest BCUT2D eigenvalue weighted by atomic mass is 10.1. The smallest absolute Gasteiger partial charge is 0.303 e. The van der Waals surface area contributed by atoms with E-state index in [4.69, 9.17) is 21.7 Å². The Labute approximate surface area is 134 Å². The largest absolute Gasteiger partial charge is 0.481 e. The molecule has 0 amide bonds. The second kappa shape index (κ2) is 17.9. The van der Waals surface area contributed by atoms with Crippen LogP contribution in [0.5, 0.6) is 0 Å². The van der Waals surface area contributed by atoms with Crippen LogP contribution in [0, 0.1) is 0 Å². The Morgan fingerprint density at radius 2 is 1.14 bits per heavy atom. The summed E-state index contributed by atoms with van der Waals surface area (Å²) in [5, 5.41) is 16.8.